The van der Waals surface area contributed by atoms with Crippen molar-refractivity contribution in [2.24, 2.45) is 0 Å². The van der Waals surface area contributed by atoms with Crippen molar-refractivity contribution in [2.75, 3.05) is 0 Å². The summed E-state index contributed by atoms with van der Waals surface area (Å²) in [4.78, 5) is 16.6. The van der Waals surface area contributed by atoms with E-state index in [0.29, 0.717) is 24.5 Å². The molecule has 1 aliphatic rings. The number of amides is 1. The largest absolute Gasteiger partial charge is 0.487 e. The fourth-order valence-electron chi connectivity index (χ4n) is 3.11. The maximum atomic E-state index is 12.4. The van der Waals surface area contributed by atoms with Gasteiger partial charge in [0.2, 0.25) is 0 Å². The van der Waals surface area contributed by atoms with Gasteiger partial charge in [-0.2, -0.15) is 0 Å². The Morgan fingerprint density at radius 1 is 1.19 bits per heavy atom. The molecule has 4 rings (SSSR count). The zero-order valence-electron chi connectivity index (χ0n) is 14.9. The van der Waals surface area contributed by atoms with Crippen LogP contribution in [-0.4, -0.2) is 25.7 Å². The number of ether oxygens (including phenoxy) is 1. The SMILES string of the molecule is O=C(NCc1nnc2n1CCCCC2)c1ccc(OCc2cscn2)cc1. The Balaban J connectivity index is 1.32. The number of carbonyl (C=O) groups excluding carboxylic acids is 1. The van der Waals surface area contributed by atoms with Crippen LogP contribution in [0, 0.1) is 0 Å². The zero-order chi connectivity index (χ0) is 18.5. The summed E-state index contributed by atoms with van der Waals surface area (Å²) in [7, 11) is 0. The Labute approximate surface area is 161 Å². The highest BCUT2D eigenvalue weighted by Gasteiger charge is 2.15. The molecule has 1 aliphatic heterocycles. The first-order chi connectivity index (χ1) is 13.3. The lowest BCUT2D eigenvalue weighted by Gasteiger charge is -2.09. The van der Waals surface area contributed by atoms with E-state index >= 15 is 0 Å². The zero-order valence-corrected chi connectivity index (χ0v) is 15.7. The third kappa shape index (κ3) is 4.33. The molecule has 0 saturated carbocycles. The van der Waals surface area contributed by atoms with Gasteiger partial charge in [-0.1, -0.05) is 6.42 Å². The van der Waals surface area contributed by atoms with E-state index in [1.54, 1.807) is 29.8 Å². The Morgan fingerprint density at radius 2 is 2.07 bits per heavy atom. The predicted octanol–water partition coefficient (Wildman–Crippen LogP) is 2.97. The fraction of sp³-hybridized carbons (Fsp3) is 0.368. The highest BCUT2D eigenvalue weighted by Crippen LogP contribution is 2.16. The Bertz CT molecular complexity index is 889. The average molecular weight is 383 g/mol. The van der Waals surface area contributed by atoms with Gasteiger partial charge in [0, 0.05) is 23.9 Å². The molecule has 0 spiro atoms. The van der Waals surface area contributed by atoms with Crippen molar-refractivity contribution >= 4 is 17.2 Å². The van der Waals surface area contributed by atoms with Gasteiger partial charge in [0.15, 0.2) is 5.82 Å². The molecule has 1 aromatic carbocycles. The summed E-state index contributed by atoms with van der Waals surface area (Å²) in [5, 5.41) is 13.4. The number of thiazole rings is 1. The number of carbonyl (C=O) groups is 1. The van der Waals surface area contributed by atoms with E-state index < -0.39 is 0 Å². The summed E-state index contributed by atoms with van der Waals surface area (Å²) >= 11 is 1.54. The van der Waals surface area contributed by atoms with Gasteiger partial charge in [-0.05, 0) is 37.1 Å². The smallest absolute Gasteiger partial charge is 0.251 e. The van der Waals surface area contributed by atoms with Crippen molar-refractivity contribution in [3.63, 3.8) is 0 Å². The maximum absolute atomic E-state index is 12.4. The average Bonchev–Trinajstić information content (AvgIpc) is 3.29. The number of aryl methyl sites for hydroxylation is 1. The van der Waals surface area contributed by atoms with Crippen molar-refractivity contribution in [2.45, 2.75) is 45.4 Å². The van der Waals surface area contributed by atoms with Gasteiger partial charge in [0.1, 0.15) is 18.2 Å². The predicted molar refractivity (Wildman–Crippen MR) is 102 cm³/mol. The number of benzene rings is 1. The lowest BCUT2D eigenvalue weighted by Crippen LogP contribution is -2.25. The van der Waals surface area contributed by atoms with Crippen LogP contribution in [0.15, 0.2) is 35.2 Å². The summed E-state index contributed by atoms with van der Waals surface area (Å²) in [6, 6.07) is 7.11. The number of rotatable bonds is 6. The normalized spacial score (nSPS) is 13.6. The molecule has 0 saturated heterocycles. The van der Waals surface area contributed by atoms with Crippen LogP contribution in [0.25, 0.3) is 0 Å². The standard InChI is InChI=1S/C19H21N5O2S/c25-19(20-10-18-23-22-17-4-2-1-3-9-24(17)18)14-5-7-16(8-6-14)26-11-15-12-27-13-21-15/h5-8,12-13H,1-4,9-11H2,(H,20,25). The molecule has 3 aromatic rings. The molecule has 1 N–H and O–H groups in total. The van der Waals surface area contributed by atoms with Gasteiger partial charge in [0.25, 0.3) is 5.91 Å². The van der Waals surface area contributed by atoms with E-state index in [4.69, 9.17) is 4.74 Å². The number of hydrogen-bond donors (Lipinski definition) is 1. The monoisotopic (exact) mass is 383 g/mol. The van der Waals surface area contributed by atoms with Gasteiger partial charge in [-0.15, -0.1) is 21.5 Å². The third-order valence-electron chi connectivity index (χ3n) is 4.58. The Morgan fingerprint density at radius 3 is 2.89 bits per heavy atom. The lowest BCUT2D eigenvalue weighted by atomic mass is 10.2. The minimum absolute atomic E-state index is 0.132. The summed E-state index contributed by atoms with van der Waals surface area (Å²) in [6.45, 7) is 1.74. The number of aromatic nitrogens is 4. The molecule has 1 amide bonds. The van der Waals surface area contributed by atoms with E-state index in [2.05, 4.69) is 25.1 Å². The topological polar surface area (TPSA) is 81.9 Å². The second-order valence-corrected chi connectivity index (χ2v) is 7.19. The van der Waals surface area contributed by atoms with Gasteiger partial charge in [-0.3, -0.25) is 4.79 Å². The summed E-state index contributed by atoms with van der Waals surface area (Å²) in [6.07, 6.45) is 4.46. The van der Waals surface area contributed by atoms with Crippen LogP contribution >= 0.6 is 11.3 Å². The first-order valence-electron chi connectivity index (χ1n) is 9.09. The lowest BCUT2D eigenvalue weighted by molar-refractivity contribution is 0.0949. The van der Waals surface area contributed by atoms with E-state index in [9.17, 15) is 4.79 Å². The van der Waals surface area contributed by atoms with E-state index in [-0.39, 0.29) is 5.91 Å². The molecule has 0 radical (unpaired) electrons. The van der Waals surface area contributed by atoms with Crippen molar-refractivity contribution < 1.29 is 9.53 Å². The number of nitrogens with zero attached hydrogens (tertiary/aromatic N) is 4. The summed E-state index contributed by atoms with van der Waals surface area (Å²) in [5.74, 6) is 2.43. The molecule has 3 heterocycles. The van der Waals surface area contributed by atoms with Crippen molar-refractivity contribution in [1.29, 1.82) is 0 Å². The van der Waals surface area contributed by atoms with Crippen LogP contribution in [0.4, 0.5) is 0 Å². The molecule has 2 aromatic heterocycles. The fourth-order valence-corrected chi connectivity index (χ4v) is 3.65. The molecule has 140 valence electrons. The highest BCUT2D eigenvalue weighted by molar-refractivity contribution is 7.07. The molecule has 0 unspecified atom stereocenters. The van der Waals surface area contributed by atoms with Gasteiger partial charge >= 0.3 is 0 Å². The Kier molecular flexibility index (Phi) is 5.43. The first-order valence-corrected chi connectivity index (χ1v) is 10.0. The highest BCUT2D eigenvalue weighted by atomic mass is 32.1. The summed E-state index contributed by atoms with van der Waals surface area (Å²) in [5.41, 5.74) is 3.27. The maximum Gasteiger partial charge on any atom is 0.251 e. The molecule has 0 bridgehead atoms. The van der Waals surface area contributed by atoms with Crippen LogP contribution in [-0.2, 0) is 26.1 Å². The minimum Gasteiger partial charge on any atom is -0.487 e. The number of hydrogen-bond acceptors (Lipinski definition) is 6. The van der Waals surface area contributed by atoms with E-state index in [1.165, 1.54) is 17.8 Å². The van der Waals surface area contributed by atoms with Crippen LogP contribution in [0.2, 0.25) is 0 Å². The number of nitrogens with one attached hydrogen (secondary N) is 1. The molecular weight excluding hydrogens is 362 g/mol. The summed E-state index contributed by atoms with van der Waals surface area (Å²) < 4.78 is 7.81. The van der Waals surface area contributed by atoms with Crippen molar-refractivity contribution in [3.8, 4) is 5.75 Å². The molecule has 0 fully saturated rings. The van der Waals surface area contributed by atoms with Gasteiger partial charge in [0.05, 0.1) is 17.7 Å². The second kappa shape index (κ2) is 8.30. The molecule has 7 nitrogen and oxygen atoms in total. The first kappa shape index (κ1) is 17.7. The molecule has 27 heavy (non-hydrogen) atoms. The van der Waals surface area contributed by atoms with E-state index in [0.717, 1.165) is 43.1 Å². The number of fused-ring (bicyclic) bond motifs is 1. The molecule has 0 aliphatic carbocycles. The minimum atomic E-state index is -0.132. The molecule has 8 heteroatoms. The van der Waals surface area contributed by atoms with Crippen LogP contribution in [0.3, 0.4) is 0 Å². The van der Waals surface area contributed by atoms with Crippen molar-refractivity contribution in [1.82, 2.24) is 25.1 Å². The van der Waals surface area contributed by atoms with Gasteiger partial charge < -0.3 is 14.6 Å². The quantitative estimate of drug-likeness (QED) is 0.708. The van der Waals surface area contributed by atoms with E-state index in [1.807, 2.05) is 5.38 Å². The van der Waals surface area contributed by atoms with Crippen LogP contribution < -0.4 is 10.1 Å². The van der Waals surface area contributed by atoms with Crippen molar-refractivity contribution in [3.05, 3.63) is 58.1 Å². The molecule has 0 atom stereocenters. The Hall–Kier alpha value is -2.74. The molecular formula is C19H21N5O2S. The van der Waals surface area contributed by atoms with Gasteiger partial charge in [-0.25, -0.2) is 4.98 Å². The second-order valence-electron chi connectivity index (χ2n) is 6.47. The van der Waals surface area contributed by atoms with Crippen LogP contribution in [0.5, 0.6) is 5.75 Å². The third-order valence-corrected chi connectivity index (χ3v) is 5.22. The van der Waals surface area contributed by atoms with Crippen LogP contribution in [0.1, 0.15) is 47.0 Å².